The van der Waals surface area contributed by atoms with Crippen LogP contribution in [-0.4, -0.2) is 167 Å². The number of pyridine rings is 2. The predicted molar refractivity (Wildman–Crippen MR) is 167 cm³/mol. The first-order valence-corrected chi connectivity index (χ1v) is 15.5. The molecule has 1 aliphatic rings. The summed E-state index contributed by atoms with van der Waals surface area (Å²) in [5, 5.41) is 33.1. The molecular formula is C31H45N8O7-. The molecule has 0 aliphatic carbocycles. The molecule has 1 saturated heterocycles. The first-order valence-electron chi connectivity index (χ1n) is 15.5. The molecule has 252 valence electrons. The Hall–Kier alpha value is -4.02. The van der Waals surface area contributed by atoms with Crippen molar-refractivity contribution in [3.8, 4) is 0 Å². The third-order valence-corrected chi connectivity index (χ3v) is 7.64. The largest absolute Gasteiger partial charge is 0.549 e. The molecule has 0 atom stereocenters. The standard InChI is InChI=1S/C31H46N8O7/c40-28(34-10-12-35(21-27-6-2-4-9-33-27)11-7-26-5-1-3-8-32-26)22-36-13-15-37(23-29(41)42)17-19-39(25-31(45)46)20-18-38(16-14-36)24-30(43)44/h1-6,8-9H,7,10-25H2,(H,34,40)(H,41,42)(H,43,44)(H,45,46)/p-1. The highest BCUT2D eigenvalue weighted by molar-refractivity contribution is 5.78. The lowest BCUT2D eigenvalue weighted by atomic mass is 10.2. The van der Waals surface area contributed by atoms with Crippen LogP contribution in [0, 0.1) is 0 Å². The van der Waals surface area contributed by atoms with Gasteiger partial charge in [-0.25, -0.2) is 0 Å². The van der Waals surface area contributed by atoms with Crippen LogP contribution in [0.15, 0.2) is 48.8 Å². The Kier molecular flexibility index (Phi) is 16.0. The second-order valence-corrected chi connectivity index (χ2v) is 11.3. The van der Waals surface area contributed by atoms with Crippen LogP contribution in [0.4, 0.5) is 0 Å². The summed E-state index contributed by atoms with van der Waals surface area (Å²) < 4.78 is 0. The van der Waals surface area contributed by atoms with Gasteiger partial charge in [0.2, 0.25) is 5.91 Å². The van der Waals surface area contributed by atoms with Crippen molar-refractivity contribution in [1.29, 1.82) is 0 Å². The Morgan fingerprint density at radius 2 is 1.17 bits per heavy atom. The minimum absolute atomic E-state index is 0.0549. The molecule has 0 saturated carbocycles. The van der Waals surface area contributed by atoms with E-state index in [1.54, 1.807) is 27.1 Å². The normalized spacial score (nSPS) is 16.4. The van der Waals surface area contributed by atoms with E-state index in [4.69, 9.17) is 0 Å². The van der Waals surface area contributed by atoms with Crippen molar-refractivity contribution in [2.45, 2.75) is 13.0 Å². The van der Waals surface area contributed by atoms with Crippen molar-refractivity contribution in [3.05, 3.63) is 60.2 Å². The topological polar surface area (TPSA) is 186 Å². The Labute approximate surface area is 269 Å². The maximum absolute atomic E-state index is 13.1. The molecule has 1 amide bonds. The van der Waals surface area contributed by atoms with E-state index < -0.39 is 17.9 Å². The van der Waals surface area contributed by atoms with E-state index in [1.807, 2.05) is 41.3 Å². The number of aliphatic carboxylic acids is 3. The van der Waals surface area contributed by atoms with Crippen molar-refractivity contribution < 1.29 is 34.5 Å². The van der Waals surface area contributed by atoms with Crippen molar-refractivity contribution >= 4 is 23.8 Å². The highest BCUT2D eigenvalue weighted by atomic mass is 16.4. The molecule has 2 aromatic rings. The zero-order valence-corrected chi connectivity index (χ0v) is 26.2. The molecule has 1 fully saturated rings. The number of aromatic nitrogens is 2. The molecule has 0 radical (unpaired) electrons. The number of carbonyl (C=O) groups excluding carboxylic acids is 2. The van der Waals surface area contributed by atoms with Crippen LogP contribution >= 0.6 is 0 Å². The number of hydrogen-bond acceptors (Lipinski definition) is 12. The molecule has 46 heavy (non-hydrogen) atoms. The first kappa shape index (κ1) is 36.4. The van der Waals surface area contributed by atoms with Crippen molar-refractivity contribution in [2.24, 2.45) is 0 Å². The summed E-state index contributed by atoms with van der Waals surface area (Å²) >= 11 is 0. The summed E-state index contributed by atoms with van der Waals surface area (Å²) in [5.74, 6) is -3.46. The van der Waals surface area contributed by atoms with Crippen LogP contribution in [0.1, 0.15) is 11.4 Å². The van der Waals surface area contributed by atoms with Gasteiger partial charge in [0, 0.05) is 110 Å². The highest BCUT2D eigenvalue weighted by Crippen LogP contribution is 2.05. The molecule has 0 spiro atoms. The lowest BCUT2D eigenvalue weighted by Gasteiger charge is -2.33. The zero-order chi connectivity index (χ0) is 33.1. The molecule has 15 heteroatoms. The van der Waals surface area contributed by atoms with Crippen LogP contribution in [0.25, 0.3) is 0 Å². The molecule has 2 aromatic heterocycles. The van der Waals surface area contributed by atoms with E-state index in [0.29, 0.717) is 58.9 Å². The summed E-state index contributed by atoms with van der Waals surface area (Å²) in [6.07, 6.45) is 4.27. The van der Waals surface area contributed by atoms with Gasteiger partial charge >= 0.3 is 11.9 Å². The van der Waals surface area contributed by atoms with E-state index in [-0.39, 0.29) is 45.2 Å². The smallest absolute Gasteiger partial charge is 0.317 e. The van der Waals surface area contributed by atoms with Gasteiger partial charge in [-0.3, -0.25) is 48.9 Å². The lowest BCUT2D eigenvalue weighted by molar-refractivity contribution is -0.306. The average Bonchev–Trinajstić information content (AvgIpc) is 3.01. The third kappa shape index (κ3) is 15.3. The second kappa shape index (κ2) is 20.2. The van der Waals surface area contributed by atoms with E-state index in [0.717, 1.165) is 24.4 Å². The van der Waals surface area contributed by atoms with Gasteiger partial charge in [-0.2, -0.15) is 0 Å². The minimum Gasteiger partial charge on any atom is -0.549 e. The first-order chi connectivity index (χ1) is 22.2. The fourth-order valence-electron chi connectivity index (χ4n) is 5.20. The van der Waals surface area contributed by atoms with E-state index >= 15 is 0 Å². The van der Waals surface area contributed by atoms with Gasteiger partial charge in [0.1, 0.15) is 0 Å². The van der Waals surface area contributed by atoms with Crippen LogP contribution in [0.5, 0.6) is 0 Å². The van der Waals surface area contributed by atoms with Crippen molar-refractivity contribution in [1.82, 2.24) is 39.8 Å². The SMILES string of the molecule is O=C([O-])CN1CCN(CC(=O)O)CCN(CC(=O)O)CCN(CC(=O)NCCN(CCc2ccccn2)Cc2ccccn2)CC1. The highest BCUT2D eigenvalue weighted by Gasteiger charge is 2.20. The molecule has 0 unspecified atom stereocenters. The second-order valence-electron chi connectivity index (χ2n) is 11.3. The van der Waals surface area contributed by atoms with Crippen LogP contribution in [0.3, 0.4) is 0 Å². The summed E-state index contributed by atoms with van der Waals surface area (Å²) in [4.78, 5) is 65.4. The van der Waals surface area contributed by atoms with Gasteiger partial charge in [0.25, 0.3) is 0 Å². The van der Waals surface area contributed by atoms with Gasteiger partial charge < -0.3 is 25.4 Å². The summed E-state index contributed by atoms with van der Waals surface area (Å²) in [6.45, 7) is 4.18. The van der Waals surface area contributed by atoms with Gasteiger partial charge in [0.05, 0.1) is 31.3 Å². The number of nitrogens with zero attached hydrogens (tertiary/aromatic N) is 7. The van der Waals surface area contributed by atoms with Gasteiger partial charge in [-0.05, 0) is 24.3 Å². The number of nitrogens with one attached hydrogen (secondary N) is 1. The third-order valence-electron chi connectivity index (χ3n) is 7.64. The quantitative estimate of drug-likeness (QED) is 0.179. The molecule has 15 nitrogen and oxygen atoms in total. The molecule has 3 rings (SSSR count). The average molecular weight is 642 g/mol. The van der Waals surface area contributed by atoms with Crippen molar-refractivity contribution in [2.75, 3.05) is 98.2 Å². The number of rotatable bonds is 16. The Balaban J connectivity index is 1.60. The molecule has 3 heterocycles. The van der Waals surface area contributed by atoms with Crippen molar-refractivity contribution in [3.63, 3.8) is 0 Å². The molecule has 3 N–H and O–H groups in total. The van der Waals surface area contributed by atoms with E-state index in [2.05, 4.69) is 20.2 Å². The minimum atomic E-state index is -1.24. The van der Waals surface area contributed by atoms with E-state index in [1.165, 1.54) is 0 Å². The lowest BCUT2D eigenvalue weighted by Crippen LogP contribution is -2.50. The van der Waals surface area contributed by atoms with E-state index in [9.17, 15) is 34.5 Å². The number of amides is 1. The fraction of sp³-hybridized carbons (Fsp3) is 0.548. The van der Waals surface area contributed by atoms with Gasteiger partial charge in [-0.15, -0.1) is 0 Å². The number of carbonyl (C=O) groups is 4. The maximum Gasteiger partial charge on any atom is 0.317 e. The van der Waals surface area contributed by atoms with Crippen LogP contribution in [-0.2, 0) is 32.1 Å². The maximum atomic E-state index is 13.1. The number of hydrogen-bond donors (Lipinski definition) is 3. The fourth-order valence-corrected chi connectivity index (χ4v) is 5.20. The zero-order valence-electron chi connectivity index (χ0n) is 26.2. The predicted octanol–water partition coefficient (Wildman–Crippen LogP) is -2.22. The Morgan fingerprint density at radius 1 is 0.696 bits per heavy atom. The van der Waals surface area contributed by atoms with Gasteiger partial charge in [-0.1, -0.05) is 12.1 Å². The molecule has 0 bridgehead atoms. The molecule has 0 aromatic carbocycles. The monoisotopic (exact) mass is 641 g/mol. The van der Waals surface area contributed by atoms with Crippen LogP contribution in [0.2, 0.25) is 0 Å². The summed E-state index contributed by atoms with van der Waals surface area (Å²) in [5.41, 5.74) is 1.90. The Bertz CT molecular complexity index is 1190. The Morgan fingerprint density at radius 3 is 1.63 bits per heavy atom. The molecule has 1 aliphatic heterocycles. The van der Waals surface area contributed by atoms with Crippen LogP contribution < -0.4 is 10.4 Å². The number of carboxylic acids is 3. The number of carboxylic acid groups (broad SMARTS) is 3. The molecular weight excluding hydrogens is 596 g/mol. The van der Waals surface area contributed by atoms with Gasteiger partial charge in [0.15, 0.2) is 0 Å². The summed E-state index contributed by atoms with van der Waals surface area (Å²) in [6, 6.07) is 11.6. The summed E-state index contributed by atoms with van der Waals surface area (Å²) in [7, 11) is 0.